The molecule has 3 heterocycles. The highest BCUT2D eigenvalue weighted by molar-refractivity contribution is 6.33. The first-order valence-electron chi connectivity index (χ1n) is 8.76. The van der Waals surface area contributed by atoms with Gasteiger partial charge < -0.3 is 10.2 Å². The molecule has 3 aromatic rings. The van der Waals surface area contributed by atoms with Crippen molar-refractivity contribution in [2.45, 2.75) is 25.7 Å². The molecule has 0 aliphatic carbocycles. The van der Waals surface area contributed by atoms with Gasteiger partial charge in [0.15, 0.2) is 0 Å². The lowest BCUT2D eigenvalue weighted by molar-refractivity contribution is -0.137. The maximum Gasteiger partial charge on any atom is 0.416 e. The zero-order chi connectivity index (χ0) is 20.8. The van der Waals surface area contributed by atoms with Gasteiger partial charge in [-0.25, -0.2) is 4.98 Å². The van der Waals surface area contributed by atoms with Crippen LogP contribution in [0.1, 0.15) is 22.6 Å². The minimum atomic E-state index is -4.47. The van der Waals surface area contributed by atoms with Gasteiger partial charge in [0.05, 0.1) is 28.4 Å². The van der Waals surface area contributed by atoms with E-state index < -0.39 is 11.7 Å². The van der Waals surface area contributed by atoms with E-state index in [2.05, 4.69) is 9.97 Å². The van der Waals surface area contributed by atoms with E-state index in [4.69, 9.17) is 21.8 Å². The molecule has 6 nitrogen and oxygen atoms in total. The minimum Gasteiger partial charge on any atom is -0.460 e. The second-order valence-corrected chi connectivity index (χ2v) is 7.20. The summed E-state index contributed by atoms with van der Waals surface area (Å²) in [4.78, 5) is 20.7. The molecule has 0 atom stereocenters. The van der Waals surface area contributed by atoms with E-state index >= 15 is 0 Å². The van der Waals surface area contributed by atoms with Crippen LogP contribution >= 0.6 is 11.6 Å². The van der Waals surface area contributed by atoms with E-state index in [0.717, 1.165) is 12.1 Å². The molecule has 1 aliphatic heterocycles. The number of hydrogen-bond donors (Lipinski definition) is 2. The molecule has 0 fully saturated rings. The van der Waals surface area contributed by atoms with Crippen LogP contribution in [0.25, 0.3) is 11.3 Å². The Morgan fingerprint density at radius 3 is 2.83 bits per heavy atom. The molecule has 0 spiro atoms. The van der Waals surface area contributed by atoms with Gasteiger partial charge in [-0.3, -0.25) is 14.7 Å². The Morgan fingerprint density at radius 2 is 2.07 bits per heavy atom. The second kappa shape index (κ2) is 7.23. The van der Waals surface area contributed by atoms with E-state index in [9.17, 15) is 18.0 Å². The molecule has 0 saturated carbocycles. The van der Waals surface area contributed by atoms with Crippen LogP contribution in [0, 0.1) is 0 Å². The fourth-order valence-corrected chi connectivity index (χ4v) is 3.56. The average molecular weight is 425 g/mol. The van der Waals surface area contributed by atoms with Crippen LogP contribution in [-0.4, -0.2) is 21.4 Å². The van der Waals surface area contributed by atoms with Gasteiger partial charge in [0.2, 0.25) is 5.95 Å². The zero-order valence-electron chi connectivity index (χ0n) is 15.0. The number of anilines is 1. The van der Waals surface area contributed by atoms with Crippen LogP contribution in [0.2, 0.25) is 5.02 Å². The van der Waals surface area contributed by atoms with E-state index in [-0.39, 0.29) is 27.9 Å². The molecule has 10 heteroatoms. The number of nitrogens with two attached hydrogens (primary N) is 1. The summed E-state index contributed by atoms with van der Waals surface area (Å²) in [7, 11) is 0. The minimum absolute atomic E-state index is 0.0934. The fraction of sp³-hybridized carbons (Fsp3) is 0.263. The Morgan fingerprint density at radius 1 is 1.28 bits per heavy atom. The number of aromatic amines is 1. The van der Waals surface area contributed by atoms with E-state index in [1.807, 2.05) is 4.90 Å². The number of fused-ring (bicyclic) bond motifs is 1. The fourth-order valence-electron chi connectivity index (χ4n) is 3.35. The van der Waals surface area contributed by atoms with Crippen molar-refractivity contribution in [2.24, 2.45) is 0 Å². The number of nitrogen functional groups attached to an aromatic ring is 1. The number of hydrogen-bond acceptors (Lipinski definition) is 5. The van der Waals surface area contributed by atoms with Crippen molar-refractivity contribution >= 4 is 17.5 Å². The average Bonchev–Trinajstić information content (AvgIpc) is 3.10. The van der Waals surface area contributed by atoms with Gasteiger partial charge in [-0.2, -0.15) is 13.2 Å². The van der Waals surface area contributed by atoms with Crippen LogP contribution in [0.15, 0.2) is 39.5 Å². The summed E-state index contributed by atoms with van der Waals surface area (Å²) in [6.45, 7) is 1.40. The molecule has 0 amide bonds. The monoisotopic (exact) mass is 424 g/mol. The van der Waals surface area contributed by atoms with Gasteiger partial charge in [0.25, 0.3) is 5.56 Å². The van der Waals surface area contributed by atoms with Crippen molar-refractivity contribution in [2.75, 3.05) is 12.3 Å². The molecule has 152 valence electrons. The number of nitrogens with zero attached hydrogens (tertiary/aromatic N) is 2. The highest BCUT2D eigenvalue weighted by Crippen LogP contribution is 2.36. The maximum atomic E-state index is 13.0. The number of H-pyrrole nitrogens is 1. The molecule has 0 bridgehead atoms. The summed E-state index contributed by atoms with van der Waals surface area (Å²) >= 11 is 6.08. The van der Waals surface area contributed by atoms with Crippen molar-refractivity contribution in [3.05, 3.63) is 68.3 Å². The Labute approximate surface area is 168 Å². The molecular weight excluding hydrogens is 409 g/mol. The van der Waals surface area contributed by atoms with E-state index in [1.165, 1.54) is 6.07 Å². The summed E-state index contributed by atoms with van der Waals surface area (Å²) < 4.78 is 44.7. The molecular formula is C19H16ClF3N4O2. The standard InChI is InChI=1S/C19H16ClF3N4O2/c20-14-3-1-10(19(21,22)23)7-12(14)16-4-2-11(29-16)8-27-6-5-15-13(9-27)17(28)26-18(24)25-15/h1-4,7H,5-6,8-9H2,(H3,24,25,26,28). The van der Waals surface area contributed by atoms with Crippen LogP contribution < -0.4 is 11.3 Å². The van der Waals surface area contributed by atoms with Gasteiger partial charge in [-0.15, -0.1) is 0 Å². The first-order valence-corrected chi connectivity index (χ1v) is 9.14. The maximum absolute atomic E-state index is 13.0. The van der Waals surface area contributed by atoms with Gasteiger partial charge in [0.1, 0.15) is 11.5 Å². The highest BCUT2D eigenvalue weighted by Gasteiger charge is 2.31. The van der Waals surface area contributed by atoms with Crippen LogP contribution in [0.3, 0.4) is 0 Å². The predicted molar refractivity (Wildman–Crippen MR) is 101 cm³/mol. The normalized spacial score (nSPS) is 14.8. The molecule has 0 unspecified atom stereocenters. The third-order valence-corrected chi connectivity index (χ3v) is 5.10. The Balaban J connectivity index is 1.54. The SMILES string of the molecule is Nc1nc2c(c(=O)[nH]1)CN(Cc1ccc(-c3cc(C(F)(F)F)ccc3Cl)o1)CC2. The molecule has 1 aliphatic rings. The zero-order valence-corrected chi connectivity index (χ0v) is 15.8. The molecule has 2 aromatic heterocycles. The number of furan rings is 1. The lowest BCUT2D eigenvalue weighted by Crippen LogP contribution is -2.35. The van der Waals surface area contributed by atoms with Gasteiger partial charge in [0, 0.05) is 25.1 Å². The van der Waals surface area contributed by atoms with E-state index in [1.54, 1.807) is 12.1 Å². The summed E-state index contributed by atoms with van der Waals surface area (Å²) in [5.74, 6) is 0.897. The Hall–Kier alpha value is -2.78. The molecule has 29 heavy (non-hydrogen) atoms. The number of benzene rings is 1. The Bertz CT molecular complexity index is 1120. The Kier molecular flexibility index (Phi) is 4.87. The summed E-state index contributed by atoms with van der Waals surface area (Å²) in [5.41, 5.74) is 5.91. The van der Waals surface area contributed by atoms with Crippen molar-refractivity contribution in [1.82, 2.24) is 14.9 Å². The van der Waals surface area contributed by atoms with Crippen molar-refractivity contribution in [1.29, 1.82) is 0 Å². The first-order chi connectivity index (χ1) is 13.7. The van der Waals surface area contributed by atoms with Gasteiger partial charge in [-0.1, -0.05) is 11.6 Å². The third kappa shape index (κ3) is 4.01. The van der Waals surface area contributed by atoms with Crippen LogP contribution in [0.4, 0.5) is 19.1 Å². The number of aromatic nitrogens is 2. The number of alkyl halides is 3. The van der Waals surface area contributed by atoms with Gasteiger partial charge in [-0.05, 0) is 30.3 Å². The lowest BCUT2D eigenvalue weighted by atomic mass is 10.1. The number of rotatable bonds is 3. The summed E-state index contributed by atoms with van der Waals surface area (Å²) in [6, 6.07) is 6.38. The third-order valence-electron chi connectivity index (χ3n) is 4.77. The van der Waals surface area contributed by atoms with Crippen molar-refractivity contribution in [3.63, 3.8) is 0 Å². The smallest absolute Gasteiger partial charge is 0.416 e. The molecule has 0 saturated heterocycles. The van der Waals surface area contributed by atoms with Crippen molar-refractivity contribution in [3.8, 4) is 11.3 Å². The molecule has 0 radical (unpaired) electrons. The van der Waals surface area contributed by atoms with Gasteiger partial charge >= 0.3 is 6.18 Å². The predicted octanol–water partition coefficient (Wildman–Crippen LogP) is 3.84. The first kappa shape index (κ1) is 19.5. The van der Waals surface area contributed by atoms with Crippen molar-refractivity contribution < 1.29 is 17.6 Å². The summed E-state index contributed by atoms with van der Waals surface area (Å²) in [6.07, 6.45) is -3.91. The topological polar surface area (TPSA) is 88.1 Å². The number of halogens is 4. The van der Waals surface area contributed by atoms with E-state index in [0.29, 0.717) is 43.1 Å². The van der Waals surface area contributed by atoms with Crippen LogP contribution in [0.5, 0.6) is 0 Å². The molecule has 4 rings (SSSR count). The summed E-state index contributed by atoms with van der Waals surface area (Å²) in [5, 5.41) is 0.168. The highest BCUT2D eigenvalue weighted by atomic mass is 35.5. The largest absolute Gasteiger partial charge is 0.460 e. The second-order valence-electron chi connectivity index (χ2n) is 6.80. The molecule has 1 aromatic carbocycles. The quantitative estimate of drug-likeness (QED) is 0.667. The lowest BCUT2D eigenvalue weighted by Gasteiger charge is -2.26. The van der Waals surface area contributed by atoms with Crippen LogP contribution in [-0.2, 0) is 25.7 Å². The number of nitrogens with one attached hydrogen (secondary N) is 1. The molecule has 3 N–H and O–H groups in total.